The second-order valence-electron chi connectivity index (χ2n) is 11.5. The van der Waals surface area contributed by atoms with Gasteiger partial charge in [0.25, 0.3) is 5.91 Å². The second-order valence-corrected chi connectivity index (χ2v) is 11.5. The van der Waals surface area contributed by atoms with E-state index in [1.54, 1.807) is 17.6 Å². The molecule has 0 bridgehead atoms. The van der Waals surface area contributed by atoms with Crippen LogP contribution in [0.1, 0.15) is 51.4 Å². The van der Waals surface area contributed by atoms with Crippen LogP contribution in [0.25, 0.3) is 11.0 Å². The first-order valence-electron chi connectivity index (χ1n) is 14.6. The molecule has 4 aromatic rings. The van der Waals surface area contributed by atoms with Crippen LogP contribution in [0.2, 0.25) is 0 Å². The van der Waals surface area contributed by atoms with Crippen molar-refractivity contribution in [3.05, 3.63) is 101 Å². The first kappa shape index (κ1) is 27.3. The molecule has 0 unspecified atom stereocenters. The Bertz CT molecular complexity index is 1530. The van der Waals surface area contributed by atoms with E-state index in [0.717, 1.165) is 75.3 Å². The third kappa shape index (κ3) is 6.56. The quantitative estimate of drug-likeness (QED) is 0.207. The van der Waals surface area contributed by atoms with Gasteiger partial charge in [0.05, 0.1) is 13.1 Å². The number of carbonyl (C=O) groups excluding carboxylic acids is 1. The first-order chi connectivity index (χ1) is 20.0. The predicted octanol–water partition coefficient (Wildman–Crippen LogP) is 3.96. The molecule has 41 heavy (non-hydrogen) atoms. The summed E-state index contributed by atoms with van der Waals surface area (Å²) in [4.78, 5) is 21.4. The van der Waals surface area contributed by atoms with Crippen molar-refractivity contribution >= 4 is 23.2 Å². The van der Waals surface area contributed by atoms with Gasteiger partial charge in [-0.3, -0.25) is 19.8 Å². The molecule has 0 aliphatic carbocycles. The summed E-state index contributed by atoms with van der Waals surface area (Å²) in [5.74, 6) is 0.0289. The molecular weight excluding hydrogens is 512 g/mol. The highest BCUT2D eigenvalue weighted by atomic mass is 16.5. The van der Waals surface area contributed by atoms with E-state index >= 15 is 0 Å². The lowest BCUT2D eigenvalue weighted by molar-refractivity contribution is -0.534. The zero-order chi connectivity index (χ0) is 28.2. The minimum atomic E-state index is -0.507. The normalized spacial score (nSPS) is 17.2. The first-order valence-corrected chi connectivity index (χ1v) is 14.6. The van der Waals surface area contributed by atoms with Crippen LogP contribution < -0.4 is 5.48 Å². The Kier molecular flexibility index (Phi) is 8.23. The Hall–Kier alpha value is -3.85. The molecule has 2 aliphatic rings. The number of carbonyl (C=O) groups is 1. The third-order valence-corrected chi connectivity index (χ3v) is 8.58. The largest absolute Gasteiger partial charge is 0.328 e. The van der Waals surface area contributed by atoms with Gasteiger partial charge in [0.2, 0.25) is 0 Å². The van der Waals surface area contributed by atoms with Crippen molar-refractivity contribution in [1.82, 2.24) is 24.8 Å². The lowest BCUT2D eigenvalue weighted by atomic mass is 9.90. The molecule has 0 radical (unpaired) electrons. The maximum atomic E-state index is 11.6. The smallest absolute Gasteiger partial charge is 0.274 e. The molecule has 2 aliphatic heterocycles. The van der Waals surface area contributed by atoms with E-state index in [0.29, 0.717) is 18.0 Å². The van der Waals surface area contributed by atoms with Gasteiger partial charge in [0, 0.05) is 42.0 Å². The number of nitrogens with zero attached hydrogens (tertiary/aromatic N) is 5. The Balaban J connectivity index is 1.05. The molecule has 8 nitrogen and oxygen atoms in total. The summed E-state index contributed by atoms with van der Waals surface area (Å²) >= 11 is 0. The lowest BCUT2D eigenvalue weighted by Crippen LogP contribution is -2.39. The number of pyridine rings is 1. The number of nitrogens with one attached hydrogen (secondary N) is 1. The highest BCUT2D eigenvalue weighted by Crippen LogP contribution is 2.30. The highest BCUT2D eigenvalue weighted by Gasteiger charge is 2.22. The number of hydrogen-bond acceptors (Lipinski definition) is 5. The van der Waals surface area contributed by atoms with Gasteiger partial charge in [0.15, 0.2) is 19.3 Å². The van der Waals surface area contributed by atoms with Crippen molar-refractivity contribution < 1.29 is 14.6 Å². The summed E-state index contributed by atoms with van der Waals surface area (Å²) < 4.78 is 4.58. The number of likely N-dealkylation sites (N-methyl/N-ethyl adjacent to an activating group) is 1. The third-order valence-electron chi connectivity index (χ3n) is 8.58. The number of piperazine rings is 1. The zero-order valence-corrected chi connectivity index (χ0v) is 23.7. The van der Waals surface area contributed by atoms with E-state index in [1.807, 2.05) is 12.1 Å². The lowest BCUT2D eigenvalue weighted by Gasteiger charge is -2.32. The topological polar surface area (TPSA) is 76.6 Å². The van der Waals surface area contributed by atoms with Crippen molar-refractivity contribution in [2.75, 3.05) is 46.3 Å². The minimum Gasteiger partial charge on any atom is -0.328 e. The minimum absolute atomic E-state index is 0.427. The van der Waals surface area contributed by atoms with E-state index in [1.165, 1.54) is 16.7 Å². The Morgan fingerprint density at radius 1 is 1.00 bits per heavy atom. The van der Waals surface area contributed by atoms with Crippen LogP contribution in [-0.4, -0.2) is 87.6 Å². The molecule has 1 amide bonds. The Labute approximate surface area is 241 Å². The summed E-state index contributed by atoms with van der Waals surface area (Å²) in [7, 11) is 2.20. The molecule has 2 aromatic heterocycles. The molecule has 2 fully saturated rings. The van der Waals surface area contributed by atoms with Gasteiger partial charge >= 0.3 is 0 Å². The number of aromatic nitrogens is 2. The number of rotatable bonds is 7. The number of hydrogen-bond donors (Lipinski definition) is 2. The summed E-state index contributed by atoms with van der Waals surface area (Å²) in [5.41, 5.74) is 8.16. The summed E-state index contributed by atoms with van der Waals surface area (Å²) in [6.45, 7) is 8.32. The van der Waals surface area contributed by atoms with Gasteiger partial charge in [-0.2, -0.15) is 0 Å². The molecule has 212 valence electrons. The van der Waals surface area contributed by atoms with Gasteiger partial charge in [-0.25, -0.2) is 15.0 Å². The number of piperidine rings is 1. The fourth-order valence-electron chi connectivity index (χ4n) is 6.08. The van der Waals surface area contributed by atoms with Gasteiger partial charge in [-0.05, 0) is 92.0 Å². The van der Waals surface area contributed by atoms with Crippen LogP contribution in [0.15, 0.2) is 73.1 Å². The average molecular weight is 552 g/mol. The molecule has 6 rings (SSSR count). The Morgan fingerprint density at radius 3 is 2.54 bits per heavy atom. The molecule has 2 aromatic carbocycles. The van der Waals surface area contributed by atoms with Crippen molar-refractivity contribution in [3.8, 4) is 0 Å². The van der Waals surface area contributed by atoms with E-state index in [4.69, 9.17) is 10.2 Å². The molecule has 2 N–H and O–H groups in total. The molecule has 0 spiro atoms. The number of amides is 1. The SMILES string of the molecule is CN1CC[N+](=Cc2cccc(CN3CCC(c4cnc5c(ccn5Cc5ccc(C(=O)NO)cc5)c4)CC3)c2)CC1. The number of fused-ring (bicyclic) bond motifs is 1. The molecule has 0 saturated carbocycles. The number of likely N-dealkylation sites (tertiary alicyclic amines) is 1. The van der Waals surface area contributed by atoms with Crippen LogP contribution >= 0.6 is 0 Å². The molecule has 4 heterocycles. The zero-order valence-electron chi connectivity index (χ0n) is 23.7. The summed E-state index contributed by atoms with van der Waals surface area (Å²) in [5, 5.41) is 9.98. The standard InChI is InChI=1S/C33H38N6O2/c1-36-15-17-38(18-16-36)23-27-4-2-3-26(19-27)22-37-12-9-28(10-13-37)31-20-30-11-14-39(32(30)34-21-31)24-25-5-7-29(8-6-25)33(40)35-41/h2-8,11,14,19-21,23,28H,9-10,12-13,15-18,22,24H2,1H3,(H-,35,40,41)/p+1. The van der Waals surface area contributed by atoms with E-state index < -0.39 is 5.91 Å². The van der Waals surface area contributed by atoms with Gasteiger partial charge < -0.3 is 4.57 Å². The number of benzene rings is 2. The van der Waals surface area contributed by atoms with Crippen molar-refractivity contribution in [3.63, 3.8) is 0 Å². The van der Waals surface area contributed by atoms with E-state index in [2.05, 4.69) is 81.0 Å². The van der Waals surface area contributed by atoms with Crippen LogP contribution in [0.4, 0.5) is 0 Å². The molecule has 2 saturated heterocycles. The van der Waals surface area contributed by atoms with Crippen LogP contribution in [0.5, 0.6) is 0 Å². The van der Waals surface area contributed by atoms with E-state index in [-0.39, 0.29) is 0 Å². The summed E-state index contributed by atoms with van der Waals surface area (Å²) in [6, 6.07) is 20.7. The van der Waals surface area contributed by atoms with Crippen LogP contribution in [0.3, 0.4) is 0 Å². The maximum Gasteiger partial charge on any atom is 0.274 e. The van der Waals surface area contributed by atoms with E-state index in [9.17, 15) is 4.79 Å². The summed E-state index contributed by atoms with van der Waals surface area (Å²) in [6.07, 6.45) is 8.76. The molecular formula is C33H39N6O2+. The average Bonchev–Trinajstić information content (AvgIpc) is 3.40. The predicted molar refractivity (Wildman–Crippen MR) is 161 cm³/mol. The molecule has 0 atom stereocenters. The van der Waals surface area contributed by atoms with Crippen molar-refractivity contribution in [2.45, 2.75) is 31.8 Å². The van der Waals surface area contributed by atoms with Crippen LogP contribution in [0, 0.1) is 0 Å². The van der Waals surface area contributed by atoms with Crippen molar-refractivity contribution in [2.24, 2.45) is 0 Å². The monoisotopic (exact) mass is 551 g/mol. The fraction of sp³-hybridized carbons (Fsp3) is 0.364. The van der Waals surface area contributed by atoms with Gasteiger partial charge in [-0.1, -0.05) is 24.3 Å². The fourth-order valence-corrected chi connectivity index (χ4v) is 6.08. The second kappa shape index (κ2) is 12.3. The highest BCUT2D eigenvalue weighted by molar-refractivity contribution is 5.93. The molecule has 8 heteroatoms. The maximum absolute atomic E-state index is 11.6. The number of hydroxylamine groups is 1. The Morgan fingerprint density at radius 2 is 1.78 bits per heavy atom. The van der Waals surface area contributed by atoms with Crippen LogP contribution in [-0.2, 0) is 13.1 Å². The van der Waals surface area contributed by atoms with Crippen molar-refractivity contribution in [1.29, 1.82) is 0 Å². The van der Waals surface area contributed by atoms with Gasteiger partial charge in [0.1, 0.15) is 5.65 Å². The van der Waals surface area contributed by atoms with Gasteiger partial charge in [-0.15, -0.1) is 0 Å².